The first-order valence-electron chi connectivity index (χ1n) is 8.60. The van der Waals surface area contributed by atoms with Crippen molar-refractivity contribution >= 4 is 22.4 Å². The molecule has 0 bridgehead atoms. The molecular formula is C17H25ClN2O4S. The van der Waals surface area contributed by atoms with Crippen molar-refractivity contribution in [3.05, 3.63) is 23.3 Å². The van der Waals surface area contributed by atoms with Crippen LogP contribution in [0.4, 0.5) is 0 Å². The van der Waals surface area contributed by atoms with E-state index in [2.05, 4.69) is 4.90 Å². The van der Waals surface area contributed by atoms with Crippen LogP contribution in [0.3, 0.4) is 0 Å². The topological polar surface area (TPSA) is 81.1 Å². The highest BCUT2D eigenvalue weighted by atomic mass is 35.5. The second-order valence-corrected chi connectivity index (χ2v) is 9.31. The maximum absolute atomic E-state index is 12.2. The summed E-state index contributed by atoms with van der Waals surface area (Å²) in [6.07, 6.45) is 4.92. The van der Waals surface area contributed by atoms with E-state index in [1.807, 2.05) is 0 Å². The molecule has 0 saturated carbocycles. The zero-order valence-corrected chi connectivity index (χ0v) is 15.9. The third kappa shape index (κ3) is 3.23. The van der Waals surface area contributed by atoms with Crippen LogP contribution in [0.25, 0.3) is 0 Å². The molecule has 25 heavy (non-hydrogen) atoms. The lowest BCUT2D eigenvalue weighted by Crippen LogP contribution is -2.57. The van der Waals surface area contributed by atoms with Crippen molar-refractivity contribution in [2.45, 2.75) is 37.8 Å². The normalized spacial score (nSPS) is 29.9. The van der Waals surface area contributed by atoms with Crippen LogP contribution in [0.15, 0.2) is 12.1 Å². The van der Waals surface area contributed by atoms with Crippen molar-refractivity contribution in [3.63, 3.8) is 0 Å². The van der Waals surface area contributed by atoms with Crippen molar-refractivity contribution in [2.75, 3.05) is 25.9 Å². The van der Waals surface area contributed by atoms with Crippen LogP contribution < -0.4 is 0 Å². The van der Waals surface area contributed by atoms with Crippen LogP contribution in [0.5, 0.6) is 11.5 Å². The Morgan fingerprint density at radius 3 is 2.60 bits per heavy atom. The molecule has 2 saturated heterocycles. The number of rotatable bonds is 1. The lowest BCUT2D eigenvalue weighted by molar-refractivity contribution is 0.0221. The third-order valence-electron chi connectivity index (χ3n) is 5.93. The van der Waals surface area contributed by atoms with Gasteiger partial charge in [0, 0.05) is 31.7 Å². The van der Waals surface area contributed by atoms with Crippen molar-refractivity contribution in [3.8, 4) is 11.5 Å². The van der Waals surface area contributed by atoms with Crippen molar-refractivity contribution in [2.24, 2.45) is 5.92 Å². The zero-order chi connectivity index (χ0) is 17.1. The summed E-state index contributed by atoms with van der Waals surface area (Å²) in [5, 5.41) is 19.7. The lowest BCUT2D eigenvalue weighted by atomic mass is 9.77. The van der Waals surface area contributed by atoms with Gasteiger partial charge >= 0.3 is 0 Å². The molecule has 0 radical (unpaired) electrons. The van der Waals surface area contributed by atoms with Crippen LogP contribution in [0, 0.1) is 5.92 Å². The maximum atomic E-state index is 12.2. The van der Waals surface area contributed by atoms with Gasteiger partial charge in [0.1, 0.15) is 0 Å². The smallest absolute Gasteiger partial charge is 0.211 e. The predicted octanol–water partition coefficient (Wildman–Crippen LogP) is 1.86. The molecule has 3 aliphatic rings. The average Bonchev–Trinajstić information content (AvgIpc) is 2.53. The Morgan fingerprint density at radius 2 is 1.88 bits per heavy atom. The molecule has 1 aromatic rings. The molecule has 8 heteroatoms. The standard InChI is InChI=1S/C17H24N2O4S.ClH/c1-24(22,23)19-5-2-3-12-10-18-6-4-11-7-16(20)17(21)8-13(11)15(18)9-14(12)19;/h7-8,12,14-15,20-21H,2-6,9-10H2,1H3;1H/t12-,14+,15+;/m1./s1. The van der Waals surface area contributed by atoms with E-state index < -0.39 is 10.0 Å². The number of piperidine rings is 2. The summed E-state index contributed by atoms with van der Waals surface area (Å²) in [6.45, 7) is 2.44. The minimum atomic E-state index is -3.20. The molecule has 140 valence electrons. The molecule has 3 atom stereocenters. The van der Waals surface area contributed by atoms with E-state index in [-0.39, 0.29) is 36.0 Å². The molecule has 3 heterocycles. The number of benzene rings is 1. The maximum Gasteiger partial charge on any atom is 0.211 e. The fourth-order valence-corrected chi connectivity index (χ4v) is 6.05. The van der Waals surface area contributed by atoms with Crippen LogP contribution >= 0.6 is 12.4 Å². The molecule has 1 aromatic carbocycles. The Kier molecular flexibility index (Phi) is 4.96. The summed E-state index contributed by atoms with van der Waals surface area (Å²) in [5.41, 5.74) is 2.10. The third-order valence-corrected chi connectivity index (χ3v) is 7.24. The molecule has 0 amide bonds. The number of sulfonamides is 1. The molecular weight excluding hydrogens is 364 g/mol. The Morgan fingerprint density at radius 1 is 1.16 bits per heavy atom. The average molecular weight is 389 g/mol. The molecule has 0 unspecified atom stereocenters. The van der Waals surface area contributed by atoms with E-state index in [1.165, 1.54) is 6.26 Å². The van der Waals surface area contributed by atoms with E-state index in [1.54, 1.807) is 16.4 Å². The van der Waals surface area contributed by atoms with Crippen molar-refractivity contribution in [1.29, 1.82) is 0 Å². The van der Waals surface area contributed by atoms with Gasteiger partial charge in [0.15, 0.2) is 11.5 Å². The minimum absolute atomic E-state index is 0. The second kappa shape index (κ2) is 6.61. The first-order valence-corrected chi connectivity index (χ1v) is 10.4. The molecule has 0 spiro atoms. The summed E-state index contributed by atoms with van der Waals surface area (Å²) < 4.78 is 26.1. The minimum Gasteiger partial charge on any atom is -0.504 e. The summed E-state index contributed by atoms with van der Waals surface area (Å²) in [4.78, 5) is 2.42. The van der Waals surface area contributed by atoms with Crippen molar-refractivity contribution < 1.29 is 18.6 Å². The largest absolute Gasteiger partial charge is 0.504 e. The number of phenols is 2. The van der Waals surface area contributed by atoms with Crippen molar-refractivity contribution in [1.82, 2.24) is 9.21 Å². The number of fused-ring (bicyclic) bond motifs is 4. The highest BCUT2D eigenvalue weighted by molar-refractivity contribution is 7.88. The number of phenolic OH excluding ortho intramolecular Hbond substituents is 2. The number of halogens is 1. The Bertz CT molecular complexity index is 770. The highest BCUT2D eigenvalue weighted by Gasteiger charge is 2.45. The van der Waals surface area contributed by atoms with Crippen LogP contribution in [0.2, 0.25) is 0 Å². The first-order chi connectivity index (χ1) is 11.3. The Labute approximate surface area is 154 Å². The van der Waals surface area contributed by atoms with Crippen LogP contribution in [-0.2, 0) is 16.4 Å². The number of aromatic hydroxyl groups is 2. The van der Waals surface area contributed by atoms with E-state index in [0.717, 1.165) is 49.9 Å². The van der Waals surface area contributed by atoms with E-state index >= 15 is 0 Å². The molecule has 0 aliphatic carbocycles. The van der Waals surface area contributed by atoms with Gasteiger partial charge in [0.05, 0.1) is 6.26 Å². The lowest BCUT2D eigenvalue weighted by Gasteiger charge is -2.51. The molecule has 3 aliphatic heterocycles. The van der Waals surface area contributed by atoms with E-state index in [9.17, 15) is 18.6 Å². The van der Waals surface area contributed by atoms with Gasteiger partial charge in [-0.15, -0.1) is 12.4 Å². The number of hydrogen-bond donors (Lipinski definition) is 2. The summed E-state index contributed by atoms with van der Waals surface area (Å²) in [7, 11) is -3.20. The second-order valence-electron chi connectivity index (χ2n) is 7.38. The van der Waals surface area contributed by atoms with Gasteiger partial charge < -0.3 is 10.2 Å². The molecule has 2 fully saturated rings. The fraction of sp³-hybridized carbons (Fsp3) is 0.647. The predicted molar refractivity (Wildman–Crippen MR) is 97.7 cm³/mol. The number of hydrogen-bond acceptors (Lipinski definition) is 5. The van der Waals surface area contributed by atoms with Gasteiger partial charge in [-0.05, 0) is 54.9 Å². The molecule has 0 aromatic heterocycles. The fourth-order valence-electron chi connectivity index (χ4n) is 4.84. The summed E-state index contributed by atoms with van der Waals surface area (Å²) in [6, 6.07) is 3.47. The van der Waals surface area contributed by atoms with E-state index in [4.69, 9.17) is 0 Å². The van der Waals surface area contributed by atoms with Crippen LogP contribution in [0.1, 0.15) is 36.4 Å². The number of nitrogens with zero attached hydrogens (tertiary/aromatic N) is 2. The summed E-state index contributed by atoms with van der Waals surface area (Å²) >= 11 is 0. The van der Waals surface area contributed by atoms with Gasteiger partial charge in [-0.2, -0.15) is 4.31 Å². The summed E-state index contributed by atoms with van der Waals surface area (Å²) in [5.74, 6) is 0.213. The monoisotopic (exact) mass is 388 g/mol. The molecule has 4 rings (SSSR count). The van der Waals surface area contributed by atoms with Gasteiger partial charge in [0.2, 0.25) is 10.0 Å². The Balaban J connectivity index is 0.00000182. The first kappa shape index (κ1) is 18.8. The van der Waals surface area contributed by atoms with Gasteiger partial charge in [-0.25, -0.2) is 8.42 Å². The highest BCUT2D eigenvalue weighted by Crippen LogP contribution is 2.45. The zero-order valence-electron chi connectivity index (χ0n) is 14.3. The van der Waals surface area contributed by atoms with Gasteiger partial charge in [0.25, 0.3) is 0 Å². The quantitative estimate of drug-likeness (QED) is 0.718. The molecule has 6 nitrogen and oxygen atoms in total. The van der Waals surface area contributed by atoms with Gasteiger partial charge in [-0.3, -0.25) is 4.90 Å². The Hall–Kier alpha value is -1.02. The molecule has 2 N–H and O–H groups in total. The van der Waals surface area contributed by atoms with Crippen LogP contribution in [-0.4, -0.2) is 59.8 Å². The van der Waals surface area contributed by atoms with E-state index in [0.29, 0.717) is 12.5 Å². The van der Waals surface area contributed by atoms with Gasteiger partial charge in [-0.1, -0.05) is 0 Å². The SMILES string of the molecule is CS(=O)(=O)N1CCC[C@@H]2CN3CCc4cc(O)c(O)cc4[C@@H]3C[C@@H]21.Cl.